The van der Waals surface area contributed by atoms with Crippen molar-refractivity contribution in [3.63, 3.8) is 0 Å². The van der Waals surface area contributed by atoms with E-state index in [0.29, 0.717) is 5.92 Å². The van der Waals surface area contributed by atoms with E-state index in [4.69, 9.17) is 5.10 Å². The van der Waals surface area contributed by atoms with E-state index < -0.39 is 0 Å². The van der Waals surface area contributed by atoms with Crippen molar-refractivity contribution < 1.29 is 0 Å². The second kappa shape index (κ2) is 7.24. The summed E-state index contributed by atoms with van der Waals surface area (Å²) in [7, 11) is 6.16. The number of anilines is 1. The Hall–Kier alpha value is -1.40. The molecule has 22 heavy (non-hydrogen) atoms. The molecule has 5 nitrogen and oxygen atoms in total. The summed E-state index contributed by atoms with van der Waals surface area (Å²) < 4.78 is 1.98. The minimum absolute atomic E-state index is 0.429. The summed E-state index contributed by atoms with van der Waals surface area (Å²) in [6.45, 7) is 8.22. The van der Waals surface area contributed by atoms with Crippen molar-refractivity contribution in [3.05, 3.63) is 27.3 Å². The van der Waals surface area contributed by atoms with Gasteiger partial charge in [0.1, 0.15) is 5.82 Å². The maximum absolute atomic E-state index is 4.70. The van der Waals surface area contributed by atoms with E-state index in [1.54, 1.807) is 11.3 Å². The molecule has 0 fully saturated rings. The molecule has 0 aliphatic rings. The Morgan fingerprint density at radius 1 is 1.36 bits per heavy atom. The normalized spacial score (nSPS) is 11.4. The molecule has 0 amide bonds. The van der Waals surface area contributed by atoms with E-state index in [9.17, 15) is 0 Å². The lowest BCUT2D eigenvalue weighted by Gasteiger charge is -2.16. The van der Waals surface area contributed by atoms with Gasteiger partial charge in [-0.3, -0.25) is 4.68 Å². The number of aryl methyl sites for hydroxylation is 2. The summed E-state index contributed by atoms with van der Waals surface area (Å²) in [4.78, 5) is 6.64. The second-order valence-electron chi connectivity index (χ2n) is 6.17. The maximum atomic E-state index is 4.70. The topological polar surface area (TPSA) is 46.0 Å². The number of thiazole rings is 1. The van der Waals surface area contributed by atoms with Gasteiger partial charge in [0.25, 0.3) is 0 Å². The molecule has 2 heterocycles. The zero-order valence-electron chi connectivity index (χ0n) is 14.5. The van der Waals surface area contributed by atoms with Crippen LogP contribution in [0.2, 0.25) is 0 Å². The molecule has 6 heteroatoms. The Balaban J connectivity index is 2.01. The molecule has 0 saturated heterocycles. The smallest absolute Gasteiger partial charge is 0.130 e. The highest BCUT2D eigenvalue weighted by Gasteiger charge is 2.19. The Bertz CT molecular complexity index is 612. The third kappa shape index (κ3) is 3.87. The van der Waals surface area contributed by atoms with E-state index in [-0.39, 0.29) is 0 Å². The molecule has 0 atom stereocenters. The first kappa shape index (κ1) is 17.0. The predicted molar refractivity (Wildman–Crippen MR) is 93.9 cm³/mol. The molecular formula is C16H27N5S. The molecule has 2 aromatic rings. The number of aromatic nitrogens is 3. The van der Waals surface area contributed by atoms with Crippen molar-refractivity contribution in [1.29, 1.82) is 0 Å². The van der Waals surface area contributed by atoms with Crippen LogP contribution in [0.25, 0.3) is 0 Å². The quantitative estimate of drug-likeness (QED) is 0.797. The van der Waals surface area contributed by atoms with E-state index in [1.807, 2.05) is 18.7 Å². The van der Waals surface area contributed by atoms with Crippen LogP contribution in [-0.4, -0.2) is 35.4 Å². The van der Waals surface area contributed by atoms with Gasteiger partial charge in [-0.1, -0.05) is 13.8 Å². The van der Waals surface area contributed by atoms with Gasteiger partial charge in [0, 0.05) is 57.3 Å². The number of nitrogens with zero attached hydrogens (tertiary/aromatic N) is 4. The summed E-state index contributed by atoms with van der Waals surface area (Å²) in [5.74, 6) is 1.61. The van der Waals surface area contributed by atoms with Crippen LogP contribution >= 0.6 is 11.3 Å². The second-order valence-corrected chi connectivity index (χ2v) is 7.11. The van der Waals surface area contributed by atoms with Gasteiger partial charge in [-0.2, -0.15) is 5.10 Å². The van der Waals surface area contributed by atoms with Gasteiger partial charge in [-0.05, 0) is 12.8 Å². The van der Waals surface area contributed by atoms with Gasteiger partial charge in [-0.15, -0.1) is 11.3 Å². The lowest BCUT2D eigenvalue weighted by atomic mass is 10.1. The Morgan fingerprint density at radius 2 is 2.09 bits per heavy atom. The van der Waals surface area contributed by atoms with Gasteiger partial charge in [0.15, 0.2) is 0 Å². The highest BCUT2D eigenvalue weighted by atomic mass is 32.1. The van der Waals surface area contributed by atoms with Crippen LogP contribution in [0.5, 0.6) is 0 Å². The standard InChI is InChI=1S/C16H27N5S/c1-11(2)15-13(16(20(4)5)21(6)19-15)9-17-8-7-14-18-12(3)10-22-14/h10-11,17H,7-9H2,1-6H3. The molecule has 122 valence electrons. The molecule has 0 radical (unpaired) electrons. The van der Waals surface area contributed by atoms with E-state index in [0.717, 1.165) is 25.2 Å². The molecule has 0 aliphatic heterocycles. The Morgan fingerprint density at radius 3 is 2.64 bits per heavy atom. The fourth-order valence-electron chi connectivity index (χ4n) is 2.70. The predicted octanol–water partition coefficient (Wildman–Crippen LogP) is 2.71. The SMILES string of the molecule is Cc1csc(CCNCc2c(C(C)C)nn(C)c2N(C)C)n1. The lowest BCUT2D eigenvalue weighted by molar-refractivity contribution is 0.672. The first-order valence-electron chi connectivity index (χ1n) is 7.75. The highest BCUT2D eigenvalue weighted by molar-refractivity contribution is 7.09. The van der Waals surface area contributed by atoms with Gasteiger partial charge >= 0.3 is 0 Å². The zero-order chi connectivity index (χ0) is 16.3. The maximum Gasteiger partial charge on any atom is 0.130 e. The van der Waals surface area contributed by atoms with Gasteiger partial charge in [0.05, 0.1) is 10.7 Å². The van der Waals surface area contributed by atoms with Crippen molar-refractivity contribution in [2.75, 3.05) is 25.5 Å². The lowest BCUT2D eigenvalue weighted by Crippen LogP contribution is -2.21. The Kier molecular flexibility index (Phi) is 5.58. The summed E-state index contributed by atoms with van der Waals surface area (Å²) in [6, 6.07) is 0. The first-order valence-corrected chi connectivity index (χ1v) is 8.63. The summed E-state index contributed by atoms with van der Waals surface area (Å²) in [5.41, 5.74) is 3.60. The van der Waals surface area contributed by atoms with Crippen molar-refractivity contribution >= 4 is 17.2 Å². The minimum Gasteiger partial charge on any atom is -0.363 e. The third-order valence-electron chi connectivity index (χ3n) is 3.60. The average Bonchev–Trinajstić information content (AvgIpc) is 2.98. The molecule has 1 N–H and O–H groups in total. The van der Waals surface area contributed by atoms with Crippen LogP contribution in [0.3, 0.4) is 0 Å². The summed E-state index contributed by atoms with van der Waals surface area (Å²) in [5, 5.41) is 11.6. The van der Waals surface area contributed by atoms with Crippen LogP contribution < -0.4 is 10.2 Å². The Labute approximate surface area is 137 Å². The molecule has 0 aliphatic carbocycles. The van der Waals surface area contributed by atoms with Crippen LogP contribution in [0.15, 0.2) is 5.38 Å². The molecule has 0 bridgehead atoms. The van der Waals surface area contributed by atoms with Gasteiger partial charge in [-0.25, -0.2) is 4.98 Å². The molecule has 0 unspecified atom stereocenters. The molecule has 0 saturated carbocycles. The molecular weight excluding hydrogens is 294 g/mol. The summed E-state index contributed by atoms with van der Waals surface area (Å²) in [6.07, 6.45) is 0.979. The van der Waals surface area contributed by atoms with Crippen molar-refractivity contribution in [3.8, 4) is 0 Å². The van der Waals surface area contributed by atoms with E-state index >= 15 is 0 Å². The third-order valence-corrected chi connectivity index (χ3v) is 4.62. The van der Waals surface area contributed by atoms with E-state index in [2.05, 4.69) is 48.5 Å². The fourth-order valence-corrected chi connectivity index (χ4v) is 3.47. The molecule has 2 aromatic heterocycles. The van der Waals surface area contributed by atoms with Gasteiger partial charge < -0.3 is 10.2 Å². The first-order chi connectivity index (χ1) is 10.4. The fraction of sp³-hybridized carbons (Fsp3) is 0.625. The van der Waals surface area contributed by atoms with Crippen molar-refractivity contribution in [2.45, 2.75) is 39.7 Å². The van der Waals surface area contributed by atoms with Crippen molar-refractivity contribution in [1.82, 2.24) is 20.1 Å². The van der Waals surface area contributed by atoms with E-state index in [1.165, 1.54) is 22.1 Å². The zero-order valence-corrected chi connectivity index (χ0v) is 15.3. The van der Waals surface area contributed by atoms with Crippen LogP contribution in [0, 0.1) is 6.92 Å². The monoisotopic (exact) mass is 321 g/mol. The number of hydrogen-bond donors (Lipinski definition) is 1. The minimum atomic E-state index is 0.429. The summed E-state index contributed by atoms with van der Waals surface area (Å²) >= 11 is 1.74. The van der Waals surface area contributed by atoms with Gasteiger partial charge in [0.2, 0.25) is 0 Å². The van der Waals surface area contributed by atoms with Crippen LogP contribution in [-0.2, 0) is 20.0 Å². The number of nitrogens with one attached hydrogen (secondary N) is 1. The van der Waals surface area contributed by atoms with Crippen LogP contribution in [0.1, 0.15) is 41.7 Å². The average molecular weight is 321 g/mol. The molecule has 0 spiro atoms. The molecule has 2 rings (SSSR count). The molecule has 0 aromatic carbocycles. The largest absolute Gasteiger partial charge is 0.363 e. The number of rotatable bonds is 7. The van der Waals surface area contributed by atoms with Crippen molar-refractivity contribution in [2.24, 2.45) is 7.05 Å². The number of hydrogen-bond acceptors (Lipinski definition) is 5. The highest BCUT2D eigenvalue weighted by Crippen LogP contribution is 2.27. The van der Waals surface area contributed by atoms with Crippen LogP contribution in [0.4, 0.5) is 5.82 Å².